The molecule has 1 atom stereocenters. The summed E-state index contributed by atoms with van der Waals surface area (Å²) >= 11 is 1.86. The van der Waals surface area contributed by atoms with Crippen LogP contribution in [0.15, 0.2) is 164 Å². The van der Waals surface area contributed by atoms with Crippen LogP contribution >= 0.6 is 11.3 Å². The van der Waals surface area contributed by atoms with Crippen LogP contribution in [0.4, 0.5) is 5.69 Å². The van der Waals surface area contributed by atoms with E-state index >= 15 is 0 Å². The molecule has 1 aromatic heterocycles. The Hall–Kier alpha value is -5.22. The number of anilines is 1. The lowest BCUT2D eigenvalue weighted by Crippen LogP contribution is -2.13. The van der Waals surface area contributed by atoms with Gasteiger partial charge in [-0.15, -0.1) is 11.3 Å². The highest BCUT2D eigenvalue weighted by atomic mass is 32.1. The molecular weight excluding hydrogens is 565 g/mol. The first-order valence-corrected chi connectivity index (χ1v) is 16.1. The van der Waals surface area contributed by atoms with Gasteiger partial charge in [0, 0.05) is 31.9 Å². The fourth-order valence-electron chi connectivity index (χ4n) is 5.95. The molecule has 2 nitrogen and oxygen atoms in total. The van der Waals surface area contributed by atoms with Crippen molar-refractivity contribution < 1.29 is 0 Å². The normalized spacial score (nSPS) is 11.8. The zero-order chi connectivity index (χ0) is 30.6. The lowest BCUT2D eigenvalue weighted by atomic mass is 9.94. The Morgan fingerprint density at radius 1 is 0.511 bits per heavy atom. The van der Waals surface area contributed by atoms with Gasteiger partial charge in [0.15, 0.2) is 0 Å². The number of para-hydroxylation sites is 1. The monoisotopic (exact) mass is 598 g/mol. The molecule has 1 unspecified atom stereocenters. The van der Waals surface area contributed by atoms with Crippen molar-refractivity contribution in [2.75, 3.05) is 5.73 Å². The number of rotatable bonds is 5. The molecule has 0 bridgehead atoms. The van der Waals surface area contributed by atoms with Crippen LogP contribution < -0.4 is 11.5 Å². The first-order valence-electron chi connectivity index (χ1n) is 15.3. The van der Waals surface area contributed by atoms with E-state index < -0.39 is 0 Å². The van der Waals surface area contributed by atoms with Crippen LogP contribution in [0, 0.1) is 0 Å². The fraction of sp³-hybridized carbons (Fsp3) is 0.0476. The van der Waals surface area contributed by atoms with E-state index in [-0.39, 0.29) is 6.04 Å². The molecule has 8 aromatic rings. The first-order chi connectivity index (χ1) is 22.1. The minimum atomic E-state index is -0.0478. The number of nitrogen functional groups attached to an aromatic ring is 1. The maximum atomic E-state index is 6.68. The molecule has 0 spiro atoms. The van der Waals surface area contributed by atoms with Gasteiger partial charge in [-0.3, -0.25) is 0 Å². The van der Waals surface area contributed by atoms with Crippen LogP contribution in [0.5, 0.6) is 0 Å². The summed E-state index contributed by atoms with van der Waals surface area (Å²) in [5, 5.41) is 5.21. The predicted molar refractivity (Wildman–Crippen MR) is 196 cm³/mol. The van der Waals surface area contributed by atoms with E-state index in [1.165, 1.54) is 58.8 Å². The highest BCUT2D eigenvalue weighted by Crippen LogP contribution is 2.40. The molecule has 3 heteroatoms. The number of benzene rings is 7. The van der Waals surface area contributed by atoms with Gasteiger partial charge in [-0.25, -0.2) is 0 Å². The second-order valence-electron chi connectivity index (χ2n) is 11.4. The van der Waals surface area contributed by atoms with Crippen LogP contribution in [-0.4, -0.2) is 0 Å². The van der Waals surface area contributed by atoms with E-state index in [2.05, 4.69) is 133 Å². The molecule has 45 heavy (non-hydrogen) atoms. The number of thiophene rings is 1. The molecule has 0 saturated carbocycles. The summed E-state index contributed by atoms with van der Waals surface area (Å²) in [6.07, 6.45) is 0.808. The molecule has 218 valence electrons. The Balaban J connectivity index is 0.000000412. The lowest BCUT2D eigenvalue weighted by molar-refractivity contribution is 0.722. The van der Waals surface area contributed by atoms with E-state index in [9.17, 15) is 0 Å². The molecule has 0 radical (unpaired) electrons. The van der Waals surface area contributed by atoms with E-state index in [1.54, 1.807) is 0 Å². The topological polar surface area (TPSA) is 52.0 Å². The second kappa shape index (κ2) is 12.8. The van der Waals surface area contributed by atoms with Crippen LogP contribution in [0.3, 0.4) is 0 Å². The summed E-state index contributed by atoms with van der Waals surface area (Å²) in [5.74, 6) is 0. The minimum Gasteiger partial charge on any atom is -0.399 e. The summed E-state index contributed by atoms with van der Waals surface area (Å²) in [5.41, 5.74) is 20.3. The van der Waals surface area contributed by atoms with Crippen LogP contribution in [0.2, 0.25) is 0 Å². The maximum Gasteiger partial charge on any atom is 0.0361 e. The Kier molecular flexibility index (Phi) is 8.11. The Bertz CT molecular complexity index is 2200. The Morgan fingerprint density at radius 3 is 1.91 bits per heavy atom. The molecule has 8 rings (SSSR count). The van der Waals surface area contributed by atoms with Gasteiger partial charge in [0.25, 0.3) is 0 Å². The molecule has 0 saturated heterocycles. The molecular formula is C42H34N2S. The maximum absolute atomic E-state index is 6.68. The molecule has 4 N–H and O–H groups in total. The third-order valence-corrected chi connectivity index (χ3v) is 9.48. The molecule has 0 aliphatic rings. The summed E-state index contributed by atoms with van der Waals surface area (Å²) in [6.45, 7) is 0. The molecule has 7 aromatic carbocycles. The van der Waals surface area contributed by atoms with Crippen molar-refractivity contribution in [1.29, 1.82) is 0 Å². The van der Waals surface area contributed by atoms with Crippen LogP contribution in [0.25, 0.3) is 53.2 Å². The highest BCUT2D eigenvalue weighted by molar-refractivity contribution is 7.25. The van der Waals surface area contributed by atoms with Crippen molar-refractivity contribution >= 4 is 48.0 Å². The van der Waals surface area contributed by atoms with Crippen molar-refractivity contribution in [2.24, 2.45) is 5.73 Å². The highest BCUT2D eigenvalue weighted by Gasteiger charge is 2.12. The molecule has 1 heterocycles. The SMILES string of the molecule is NC(Cc1ccc(-c2ccc3ccccc3c2)cc1)c1ccc(-c2cccc3sc4ccccc4c23)cc1.Nc1ccccc1. The van der Waals surface area contributed by atoms with Gasteiger partial charge >= 0.3 is 0 Å². The van der Waals surface area contributed by atoms with Gasteiger partial charge in [-0.1, -0.05) is 133 Å². The van der Waals surface area contributed by atoms with Crippen molar-refractivity contribution in [3.05, 3.63) is 175 Å². The average molecular weight is 599 g/mol. The van der Waals surface area contributed by atoms with Crippen molar-refractivity contribution in [3.63, 3.8) is 0 Å². The molecule has 0 aliphatic heterocycles. The minimum absolute atomic E-state index is 0.0478. The quantitative estimate of drug-likeness (QED) is 0.194. The number of hydrogen-bond acceptors (Lipinski definition) is 3. The third kappa shape index (κ3) is 6.23. The largest absolute Gasteiger partial charge is 0.399 e. The van der Waals surface area contributed by atoms with Gasteiger partial charge in [-0.2, -0.15) is 0 Å². The lowest BCUT2D eigenvalue weighted by Gasteiger charge is -2.14. The van der Waals surface area contributed by atoms with Crippen molar-refractivity contribution in [3.8, 4) is 22.3 Å². The summed E-state index contributed by atoms with van der Waals surface area (Å²) in [4.78, 5) is 0. The van der Waals surface area contributed by atoms with Crippen LogP contribution in [0.1, 0.15) is 17.2 Å². The summed E-state index contributed by atoms with van der Waals surface area (Å²) < 4.78 is 2.66. The standard InChI is InChI=1S/C36H27NS.C6H7N/c37-33(22-24-12-14-26(15-13-24)30-21-16-25-6-1-2-7-29(25)23-30)28-19-17-27(18-20-28)31-9-5-11-35-36(31)32-8-3-4-10-34(32)38-35;7-6-4-2-1-3-5-6/h1-21,23,33H,22,37H2;1-5H,7H2. The van der Waals surface area contributed by atoms with E-state index in [4.69, 9.17) is 11.5 Å². The molecule has 0 amide bonds. The first kappa shape index (κ1) is 28.5. The number of fused-ring (bicyclic) bond motifs is 4. The van der Waals surface area contributed by atoms with Crippen LogP contribution in [-0.2, 0) is 6.42 Å². The Labute approximate surface area is 268 Å². The zero-order valence-electron chi connectivity index (χ0n) is 24.9. The van der Waals surface area contributed by atoms with E-state index in [0.29, 0.717) is 0 Å². The Morgan fingerprint density at radius 2 is 1.16 bits per heavy atom. The summed E-state index contributed by atoms with van der Waals surface area (Å²) in [7, 11) is 0. The van der Waals surface area contributed by atoms with Gasteiger partial charge in [0.2, 0.25) is 0 Å². The zero-order valence-corrected chi connectivity index (χ0v) is 25.8. The van der Waals surface area contributed by atoms with Gasteiger partial charge in [0.05, 0.1) is 0 Å². The molecule has 0 aliphatic carbocycles. The predicted octanol–water partition coefficient (Wildman–Crippen LogP) is 11.1. The van der Waals surface area contributed by atoms with Crippen molar-refractivity contribution in [2.45, 2.75) is 12.5 Å². The average Bonchev–Trinajstić information content (AvgIpc) is 3.48. The van der Waals surface area contributed by atoms with E-state index in [1.807, 2.05) is 41.7 Å². The van der Waals surface area contributed by atoms with Gasteiger partial charge in [-0.05, 0) is 80.9 Å². The third-order valence-electron chi connectivity index (χ3n) is 8.34. The second-order valence-corrected chi connectivity index (χ2v) is 12.5. The number of hydrogen-bond donors (Lipinski definition) is 2. The van der Waals surface area contributed by atoms with E-state index in [0.717, 1.165) is 17.7 Å². The van der Waals surface area contributed by atoms with Gasteiger partial charge in [0.1, 0.15) is 0 Å². The van der Waals surface area contributed by atoms with Crippen molar-refractivity contribution in [1.82, 2.24) is 0 Å². The van der Waals surface area contributed by atoms with Gasteiger partial charge < -0.3 is 11.5 Å². The number of nitrogens with two attached hydrogens (primary N) is 2. The fourth-order valence-corrected chi connectivity index (χ4v) is 7.08. The smallest absolute Gasteiger partial charge is 0.0361 e. The summed E-state index contributed by atoms with van der Waals surface area (Å²) in [6, 6.07) is 57.5. The molecule has 0 fully saturated rings.